The highest BCUT2D eigenvalue weighted by atomic mass is 16.5. The van der Waals surface area contributed by atoms with Crippen LogP contribution in [0.2, 0.25) is 0 Å². The number of ketones is 1. The number of carbonyl (C=O) groups excluding carboxylic acids is 1. The van der Waals surface area contributed by atoms with Gasteiger partial charge < -0.3 is 30.7 Å². The normalized spacial score (nSPS) is 10.9. The van der Waals surface area contributed by atoms with Crippen LogP contribution in [0.3, 0.4) is 0 Å². The highest BCUT2D eigenvalue weighted by molar-refractivity contribution is 6.07. The van der Waals surface area contributed by atoms with Crippen molar-refractivity contribution in [1.82, 2.24) is 4.98 Å². The number of nitrogens with zero attached hydrogens (tertiary/aromatic N) is 1. The average molecular weight is 435 g/mol. The topological polar surface area (TPSA) is 127 Å². The minimum Gasteiger partial charge on any atom is -0.496 e. The number of nitrogens with one attached hydrogen (secondary N) is 1. The van der Waals surface area contributed by atoms with E-state index in [2.05, 4.69) is 10.3 Å². The molecule has 0 aliphatic heterocycles. The second-order valence-electron chi connectivity index (χ2n) is 6.85. The van der Waals surface area contributed by atoms with Crippen molar-refractivity contribution in [3.63, 3.8) is 0 Å². The van der Waals surface area contributed by atoms with Crippen LogP contribution in [0.25, 0.3) is 6.08 Å². The number of aromatic nitrogens is 1. The molecule has 0 saturated carbocycles. The standard InChI is InChI=1S/C24H25N3O5/c1-31-22-8-6-16(11-20(22)25)21(30)7-5-15-4-3-9-26-24(15)27-18-10-17(13-28)19(14-29)23(12-18)32-2/h3-12,28-29H,13-14,25H2,1-2H3,(H,26,27)/b7-5+. The van der Waals surface area contributed by atoms with Crippen molar-refractivity contribution in [3.8, 4) is 11.5 Å². The molecule has 0 aliphatic rings. The fourth-order valence-corrected chi connectivity index (χ4v) is 3.22. The molecule has 3 rings (SSSR count). The number of nitrogen functional groups attached to an aromatic ring is 1. The van der Waals surface area contributed by atoms with Crippen molar-refractivity contribution in [2.24, 2.45) is 0 Å². The van der Waals surface area contributed by atoms with E-state index in [1.54, 1.807) is 48.7 Å². The summed E-state index contributed by atoms with van der Waals surface area (Å²) in [6.45, 7) is -0.509. The summed E-state index contributed by atoms with van der Waals surface area (Å²) < 4.78 is 10.5. The number of hydrogen-bond acceptors (Lipinski definition) is 8. The molecule has 0 radical (unpaired) electrons. The molecule has 2 aromatic carbocycles. The number of anilines is 3. The van der Waals surface area contributed by atoms with E-state index < -0.39 is 0 Å². The summed E-state index contributed by atoms with van der Waals surface area (Å²) in [5, 5.41) is 22.4. The van der Waals surface area contributed by atoms with Gasteiger partial charge in [0.1, 0.15) is 17.3 Å². The maximum atomic E-state index is 12.6. The molecule has 8 nitrogen and oxygen atoms in total. The Balaban J connectivity index is 1.87. The lowest BCUT2D eigenvalue weighted by Crippen LogP contribution is -2.03. The molecule has 0 fully saturated rings. The maximum Gasteiger partial charge on any atom is 0.185 e. The lowest BCUT2D eigenvalue weighted by atomic mass is 10.1. The second kappa shape index (κ2) is 10.4. The van der Waals surface area contributed by atoms with E-state index in [1.807, 2.05) is 6.07 Å². The molecule has 0 aliphatic carbocycles. The molecule has 0 atom stereocenters. The first-order valence-electron chi connectivity index (χ1n) is 9.80. The Bertz CT molecular complexity index is 1120. The van der Waals surface area contributed by atoms with Gasteiger partial charge in [0.2, 0.25) is 0 Å². The van der Waals surface area contributed by atoms with Gasteiger partial charge in [0.05, 0.1) is 33.1 Å². The molecule has 0 unspecified atom stereocenters. The smallest absolute Gasteiger partial charge is 0.185 e. The molecular formula is C24H25N3O5. The van der Waals surface area contributed by atoms with E-state index in [4.69, 9.17) is 15.2 Å². The van der Waals surface area contributed by atoms with Crippen LogP contribution < -0.4 is 20.5 Å². The Hall–Kier alpha value is -3.88. The summed E-state index contributed by atoms with van der Waals surface area (Å²) in [6.07, 6.45) is 4.72. The predicted octanol–water partition coefficient (Wildman–Crippen LogP) is 3.31. The van der Waals surface area contributed by atoms with Crippen molar-refractivity contribution in [3.05, 3.63) is 77.0 Å². The molecule has 0 amide bonds. The van der Waals surface area contributed by atoms with Crippen LogP contribution in [0.15, 0.2) is 54.7 Å². The van der Waals surface area contributed by atoms with Crippen molar-refractivity contribution < 1.29 is 24.5 Å². The Morgan fingerprint density at radius 2 is 1.88 bits per heavy atom. The van der Waals surface area contributed by atoms with Crippen LogP contribution in [0.1, 0.15) is 27.0 Å². The number of aliphatic hydroxyl groups excluding tert-OH is 2. The fourth-order valence-electron chi connectivity index (χ4n) is 3.22. The molecular weight excluding hydrogens is 410 g/mol. The van der Waals surface area contributed by atoms with Crippen LogP contribution in [-0.2, 0) is 13.2 Å². The zero-order valence-corrected chi connectivity index (χ0v) is 17.8. The Kier molecular flexibility index (Phi) is 7.43. The number of hydrogen-bond donors (Lipinski definition) is 4. The van der Waals surface area contributed by atoms with E-state index in [0.29, 0.717) is 50.9 Å². The number of pyridine rings is 1. The molecule has 0 saturated heterocycles. The summed E-state index contributed by atoms with van der Waals surface area (Å²) >= 11 is 0. The second-order valence-corrected chi connectivity index (χ2v) is 6.85. The summed E-state index contributed by atoms with van der Waals surface area (Å²) in [7, 11) is 3.01. The number of allylic oxidation sites excluding steroid dienone is 1. The molecule has 166 valence electrons. The third kappa shape index (κ3) is 5.05. The summed E-state index contributed by atoms with van der Waals surface area (Å²) in [5.41, 5.74) is 9.07. The highest BCUT2D eigenvalue weighted by Crippen LogP contribution is 2.30. The third-order valence-electron chi connectivity index (χ3n) is 4.88. The summed E-state index contributed by atoms with van der Waals surface area (Å²) in [4.78, 5) is 16.9. The van der Waals surface area contributed by atoms with Crippen LogP contribution in [0, 0.1) is 0 Å². The van der Waals surface area contributed by atoms with Crippen LogP contribution in [-0.4, -0.2) is 35.2 Å². The molecule has 1 heterocycles. The van der Waals surface area contributed by atoms with E-state index in [9.17, 15) is 15.0 Å². The number of rotatable bonds is 9. The quantitative estimate of drug-likeness (QED) is 0.229. The van der Waals surface area contributed by atoms with E-state index in [1.165, 1.54) is 20.3 Å². The summed E-state index contributed by atoms with van der Waals surface area (Å²) in [5.74, 6) is 1.25. The molecule has 0 bridgehead atoms. The molecule has 3 aromatic rings. The Labute approximate surface area is 185 Å². The van der Waals surface area contributed by atoms with Crippen LogP contribution >= 0.6 is 0 Å². The number of methoxy groups -OCH3 is 2. The number of benzene rings is 2. The number of aliphatic hydroxyl groups is 2. The first-order chi connectivity index (χ1) is 15.5. The Morgan fingerprint density at radius 3 is 2.53 bits per heavy atom. The summed E-state index contributed by atoms with van der Waals surface area (Å²) in [6, 6.07) is 11.9. The monoisotopic (exact) mass is 435 g/mol. The highest BCUT2D eigenvalue weighted by Gasteiger charge is 2.12. The fraction of sp³-hybridized carbons (Fsp3) is 0.167. The zero-order chi connectivity index (χ0) is 23.1. The van der Waals surface area contributed by atoms with Gasteiger partial charge in [0.25, 0.3) is 0 Å². The minimum atomic E-state index is -0.255. The SMILES string of the molecule is COc1ccc(C(=O)/C=C/c2cccnc2Nc2cc(CO)c(CO)c(OC)c2)cc1N. The van der Waals surface area contributed by atoms with Gasteiger partial charge in [-0.1, -0.05) is 0 Å². The minimum absolute atomic E-state index is 0.217. The molecule has 1 aromatic heterocycles. The third-order valence-corrected chi connectivity index (χ3v) is 4.88. The first-order valence-corrected chi connectivity index (χ1v) is 9.80. The van der Waals surface area contributed by atoms with Crippen LogP contribution in [0.5, 0.6) is 11.5 Å². The van der Waals surface area contributed by atoms with Gasteiger partial charge >= 0.3 is 0 Å². The van der Waals surface area contributed by atoms with E-state index in [0.717, 1.165) is 0 Å². The first kappa shape index (κ1) is 22.8. The largest absolute Gasteiger partial charge is 0.496 e. The van der Waals surface area contributed by atoms with E-state index >= 15 is 0 Å². The van der Waals surface area contributed by atoms with E-state index in [-0.39, 0.29) is 19.0 Å². The van der Waals surface area contributed by atoms with Gasteiger partial charge in [0.15, 0.2) is 5.78 Å². The van der Waals surface area contributed by atoms with Gasteiger partial charge in [-0.05, 0) is 54.1 Å². The van der Waals surface area contributed by atoms with Gasteiger partial charge in [-0.25, -0.2) is 4.98 Å². The van der Waals surface area contributed by atoms with Crippen LogP contribution in [0.4, 0.5) is 17.2 Å². The maximum absolute atomic E-state index is 12.6. The predicted molar refractivity (Wildman–Crippen MR) is 123 cm³/mol. The van der Waals surface area contributed by atoms with Gasteiger partial charge in [-0.15, -0.1) is 0 Å². The molecule has 5 N–H and O–H groups in total. The lowest BCUT2D eigenvalue weighted by Gasteiger charge is -2.15. The zero-order valence-electron chi connectivity index (χ0n) is 17.8. The number of ether oxygens (including phenoxy) is 2. The molecule has 32 heavy (non-hydrogen) atoms. The number of carbonyl (C=O) groups is 1. The Morgan fingerprint density at radius 1 is 1.09 bits per heavy atom. The van der Waals surface area contributed by atoms with Crippen molar-refractivity contribution in [2.75, 3.05) is 25.3 Å². The lowest BCUT2D eigenvalue weighted by molar-refractivity contribution is 0.104. The number of nitrogens with two attached hydrogens (primary N) is 1. The molecule has 8 heteroatoms. The average Bonchev–Trinajstić information content (AvgIpc) is 2.82. The van der Waals surface area contributed by atoms with Crippen molar-refractivity contribution in [1.29, 1.82) is 0 Å². The van der Waals surface area contributed by atoms with Gasteiger partial charge in [-0.3, -0.25) is 4.79 Å². The van der Waals surface area contributed by atoms with Gasteiger partial charge in [-0.2, -0.15) is 0 Å². The van der Waals surface area contributed by atoms with Crippen molar-refractivity contribution in [2.45, 2.75) is 13.2 Å². The van der Waals surface area contributed by atoms with Crippen molar-refractivity contribution >= 4 is 29.1 Å². The van der Waals surface area contributed by atoms with Gasteiger partial charge in [0, 0.05) is 34.6 Å². The molecule has 0 spiro atoms.